The van der Waals surface area contributed by atoms with Gasteiger partial charge in [-0.1, -0.05) is 64.7 Å². The van der Waals surface area contributed by atoms with E-state index in [0.29, 0.717) is 25.0 Å². The fraction of sp³-hybridized carbons (Fsp3) is 0.857. The molecule has 4 N–H and O–H groups in total. The fourth-order valence-corrected chi connectivity index (χ4v) is 4.59. The molecule has 0 spiro atoms. The van der Waals surface area contributed by atoms with Crippen LogP contribution in [0, 0.1) is 0 Å². The van der Waals surface area contributed by atoms with Gasteiger partial charge in [-0.25, -0.2) is 4.79 Å². The Balaban J connectivity index is 4.30. The van der Waals surface area contributed by atoms with Crippen LogP contribution in [0.2, 0.25) is 0 Å². The van der Waals surface area contributed by atoms with Crippen molar-refractivity contribution >= 4 is 14.8 Å². The molecular weight excluding hydrogens is 388 g/mol. The third kappa shape index (κ3) is 14.0. The normalized spacial score (nSPS) is 12.6. The second-order valence-corrected chi connectivity index (χ2v) is 10.1. The van der Waals surface area contributed by atoms with Crippen molar-refractivity contribution in [3.05, 3.63) is 11.3 Å². The minimum atomic E-state index is -3.04. The minimum Gasteiger partial charge on any atom is -0.462 e. The van der Waals surface area contributed by atoms with Gasteiger partial charge in [0, 0.05) is 26.9 Å². The van der Waals surface area contributed by atoms with Gasteiger partial charge in [-0.3, -0.25) is 0 Å². The van der Waals surface area contributed by atoms with Crippen molar-refractivity contribution in [2.24, 2.45) is 11.5 Å². The van der Waals surface area contributed by atoms with E-state index in [9.17, 15) is 4.79 Å². The fourth-order valence-electron chi connectivity index (χ4n) is 3.04. The molecule has 172 valence electrons. The Labute approximate surface area is 178 Å². The average Bonchev–Trinajstić information content (AvgIpc) is 2.72. The third-order valence-corrected chi connectivity index (χ3v) is 7.35. The van der Waals surface area contributed by atoms with Crippen molar-refractivity contribution in [3.8, 4) is 0 Å². The summed E-state index contributed by atoms with van der Waals surface area (Å²) in [5, 5.41) is 0. The van der Waals surface area contributed by atoms with Gasteiger partial charge in [0.1, 0.15) is 0 Å². The topological polar surface area (TPSA) is 106 Å². The van der Waals surface area contributed by atoms with Crippen LogP contribution in [0.1, 0.15) is 84.0 Å². The van der Waals surface area contributed by atoms with Crippen LogP contribution in [0.4, 0.5) is 0 Å². The third-order valence-electron chi connectivity index (χ3n) is 4.94. The Morgan fingerprint density at radius 3 is 1.79 bits per heavy atom. The molecule has 29 heavy (non-hydrogen) atoms. The molecule has 0 aromatic heterocycles. The zero-order valence-corrected chi connectivity index (χ0v) is 20.0. The monoisotopic (exact) mass is 432 g/mol. The highest BCUT2D eigenvalue weighted by atomic mass is 28.4. The van der Waals surface area contributed by atoms with Gasteiger partial charge in [0.15, 0.2) is 0 Å². The van der Waals surface area contributed by atoms with Gasteiger partial charge in [0.05, 0.1) is 12.8 Å². The number of carbonyl (C=O) groups is 1. The van der Waals surface area contributed by atoms with Crippen molar-refractivity contribution in [3.63, 3.8) is 0 Å². The molecule has 0 heterocycles. The van der Waals surface area contributed by atoms with E-state index in [0.717, 1.165) is 12.8 Å². The van der Waals surface area contributed by atoms with Crippen LogP contribution >= 0.6 is 0 Å². The lowest BCUT2D eigenvalue weighted by Crippen LogP contribution is -2.42. The lowest BCUT2D eigenvalue weighted by molar-refractivity contribution is -0.139. The maximum absolute atomic E-state index is 12.5. The molecule has 0 fully saturated rings. The van der Waals surface area contributed by atoms with Crippen LogP contribution in [0.25, 0.3) is 0 Å². The Morgan fingerprint density at radius 2 is 1.34 bits per heavy atom. The largest absolute Gasteiger partial charge is 0.529 e. The van der Waals surface area contributed by atoms with E-state index in [1.54, 1.807) is 5.70 Å². The standard InChI is InChI=1S/C21H44N2O5Si/c1-5-6-7-8-9-10-11-12-13-14-17-28-21(24)19(15-16-20(22)23)18-29(25-2,26-3)27-4/h18,20H,5-17,22-23H2,1-4H3. The molecule has 0 bridgehead atoms. The van der Waals surface area contributed by atoms with E-state index in [1.165, 1.54) is 72.7 Å². The predicted octanol–water partition coefficient (Wildman–Crippen LogP) is 3.82. The lowest BCUT2D eigenvalue weighted by Gasteiger charge is -2.22. The molecule has 0 atom stereocenters. The molecule has 0 aromatic carbocycles. The lowest BCUT2D eigenvalue weighted by atomic mass is 10.1. The number of hydrogen-bond donors (Lipinski definition) is 2. The number of ether oxygens (including phenoxy) is 1. The summed E-state index contributed by atoms with van der Waals surface area (Å²) in [6, 6.07) is 0. The van der Waals surface area contributed by atoms with Gasteiger partial charge in [-0.05, 0) is 25.0 Å². The number of carbonyl (C=O) groups excluding carboxylic acids is 1. The smallest absolute Gasteiger partial charge is 0.462 e. The summed E-state index contributed by atoms with van der Waals surface area (Å²) in [6.07, 6.45) is 12.7. The van der Waals surface area contributed by atoms with Gasteiger partial charge < -0.3 is 29.5 Å². The molecule has 7 nitrogen and oxygen atoms in total. The van der Waals surface area contributed by atoms with Gasteiger partial charge in [-0.2, -0.15) is 0 Å². The summed E-state index contributed by atoms with van der Waals surface area (Å²) in [6.45, 7) is 2.65. The zero-order valence-electron chi connectivity index (χ0n) is 19.0. The van der Waals surface area contributed by atoms with Crippen molar-refractivity contribution in [1.82, 2.24) is 0 Å². The first-order valence-electron chi connectivity index (χ1n) is 11.0. The quantitative estimate of drug-likeness (QED) is 0.105. The molecule has 0 saturated heterocycles. The summed E-state index contributed by atoms with van der Waals surface area (Å²) >= 11 is 0. The molecule has 0 rings (SSSR count). The Hall–Kier alpha value is -0.773. The predicted molar refractivity (Wildman–Crippen MR) is 119 cm³/mol. The Bertz CT molecular complexity index is 435. The van der Waals surface area contributed by atoms with E-state index >= 15 is 0 Å². The van der Waals surface area contributed by atoms with E-state index < -0.39 is 15.0 Å². The van der Waals surface area contributed by atoms with Crippen molar-refractivity contribution < 1.29 is 22.8 Å². The SMILES string of the molecule is CCCCCCCCCCCCOC(=O)C(=C[Si](OC)(OC)OC)CCC(N)N. The van der Waals surface area contributed by atoms with Crippen LogP contribution in [-0.4, -0.2) is 48.9 Å². The van der Waals surface area contributed by atoms with Gasteiger partial charge in [-0.15, -0.1) is 0 Å². The molecule has 0 aliphatic carbocycles. The first-order chi connectivity index (χ1) is 13.9. The first kappa shape index (κ1) is 28.2. The molecule has 0 aromatic rings. The summed E-state index contributed by atoms with van der Waals surface area (Å²) in [5.41, 5.74) is 13.3. The zero-order chi connectivity index (χ0) is 22.0. The number of esters is 1. The average molecular weight is 433 g/mol. The van der Waals surface area contributed by atoms with Gasteiger partial charge in [0.25, 0.3) is 0 Å². The van der Waals surface area contributed by atoms with E-state index in [2.05, 4.69) is 6.92 Å². The number of nitrogens with two attached hydrogens (primary N) is 2. The molecule has 0 amide bonds. The van der Waals surface area contributed by atoms with Gasteiger partial charge >= 0.3 is 14.8 Å². The highest BCUT2D eigenvalue weighted by Crippen LogP contribution is 2.17. The molecular formula is C21H44N2O5Si. The van der Waals surface area contributed by atoms with E-state index in [4.69, 9.17) is 29.5 Å². The van der Waals surface area contributed by atoms with Crippen LogP contribution in [0.5, 0.6) is 0 Å². The van der Waals surface area contributed by atoms with E-state index in [1.807, 2.05) is 0 Å². The Morgan fingerprint density at radius 1 is 0.862 bits per heavy atom. The second kappa shape index (κ2) is 18.0. The van der Waals surface area contributed by atoms with Crippen LogP contribution < -0.4 is 11.5 Å². The molecule has 0 radical (unpaired) electrons. The maximum atomic E-state index is 12.5. The summed E-state index contributed by atoms with van der Waals surface area (Å²) in [4.78, 5) is 12.5. The van der Waals surface area contributed by atoms with Crippen molar-refractivity contribution in [1.29, 1.82) is 0 Å². The van der Waals surface area contributed by atoms with Gasteiger partial charge in [0.2, 0.25) is 0 Å². The second-order valence-electron chi connectivity index (χ2n) is 7.41. The Kier molecular flexibility index (Phi) is 17.6. The number of hydrogen-bond acceptors (Lipinski definition) is 7. The number of rotatable bonds is 19. The van der Waals surface area contributed by atoms with E-state index in [-0.39, 0.29) is 5.97 Å². The summed E-state index contributed by atoms with van der Waals surface area (Å²) in [5.74, 6) is -0.385. The molecule has 0 saturated carbocycles. The molecule has 8 heteroatoms. The number of unbranched alkanes of at least 4 members (excludes halogenated alkanes) is 9. The van der Waals surface area contributed by atoms with Crippen LogP contribution in [0.15, 0.2) is 11.3 Å². The van der Waals surface area contributed by atoms with Crippen LogP contribution in [-0.2, 0) is 22.8 Å². The minimum absolute atomic E-state index is 0.385. The van der Waals surface area contributed by atoms with Crippen LogP contribution in [0.3, 0.4) is 0 Å². The molecule has 0 aliphatic rings. The maximum Gasteiger partial charge on any atom is 0.529 e. The molecule has 0 unspecified atom stereocenters. The molecule has 0 aliphatic heterocycles. The highest BCUT2D eigenvalue weighted by Gasteiger charge is 2.37. The van der Waals surface area contributed by atoms with Crippen molar-refractivity contribution in [2.75, 3.05) is 27.9 Å². The first-order valence-corrected chi connectivity index (χ1v) is 12.8. The summed E-state index contributed by atoms with van der Waals surface area (Å²) in [7, 11) is 1.45. The highest BCUT2D eigenvalue weighted by molar-refractivity contribution is 6.66. The van der Waals surface area contributed by atoms with Crippen molar-refractivity contribution in [2.45, 2.75) is 90.1 Å². The summed E-state index contributed by atoms with van der Waals surface area (Å²) < 4.78 is 21.6.